The summed E-state index contributed by atoms with van der Waals surface area (Å²) >= 11 is 0. The molecular weight excluding hydrogens is 436 g/mol. The van der Waals surface area contributed by atoms with Crippen LogP contribution >= 0.6 is 0 Å². The van der Waals surface area contributed by atoms with Gasteiger partial charge in [-0.25, -0.2) is 9.78 Å². The molecule has 2 aliphatic rings. The minimum absolute atomic E-state index is 0.0127. The van der Waals surface area contributed by atoms with Crippen LogP contribution in [0.25, 0.3) is 0 Å². The maximum atomic E-state index is 13.0. The molecule has 34 heavy (non-hydrogen) atoms. The number of esters is 1. The predicted molar refractivity (Wildman–Crippen MR) is 125 cm³/mol. The number of cyclic esters (lactones) is 1. The quantitative estimate of drug-likeness (QED) is 0.601. The number of carbonyl (C=O) groups is 2. The molecule has 2 N–H and O–H groups in total. The minimum atomic E-state index is -1.01. The smallest absolute Gasteiger partial charge is 0.331 e. The molecule has 0 spiro atoms. The molecule has 0 bridgehead atoms. The fourth-order valence-corrected chi connectivity index (χ4v) is 4.60. The summed E-state index contributed by atoms with van der Waals surface area (Å²) in [7, 11) is 1.38. The first-order chi connectivity index (χ1) is 16.5. The van der Waals surface area contributed by atoms with E-state index in [1.165, 1.54) is 37.8 Å². The number of rotatable bonds is 7. The Morgan fingerprint density at radius 3 is 2.68 bits per heavy atom. The van der Waals surface area contributed by atoms with E-state index in [9.17, 15) is 14.7 Å². The van der Waals surface area contributed by atoms with Gasteiger partial charge in [0.15, 0.2) is 23.2 Å². The van der Waals surface area contributed by atoms with Gasteiger partial charge in [-0.1, -0.05) is 43.2 Å². The first-order valence-corrected chi connectivity index (χ1v) is 11.8. The standard InChI is InChI=1S/C26H32N2O6/c1-16-20(13-17-6-4-3-5-7-17)19(12-18-8-9-18)14-33-15-21(26(31)34-16)28-25(30)23-24(29)22(32-2)10-11-27-23/h3-7,10-11,16,18-21,29H,8-9,12-15H2,1-2H3,(H,28,30)/t16-,19-,20-,21-/m0/s1. The summed E-state index contributed by atoms with van der Waals surface area (Å²) in [6, 6.07) is 10.6. The predicted octanol–water partition coefficient (Wildman–Crippen LogP) is 3.13. The lowest BCUT2D eigenvalue weighted by atomic mass is 9.80. The van der Waals surface area contributed by atoms with Gasteiger partial charge in [-0.3, -0.25) is 4.79 Å². The molecule has 1 aliphatic carbocycles. The van der Waals surface area contributed by atoms with Crippen molar-refractivity contribution in [1.82, 2.24) is 10.3 Å². The molecule has 2 fully saturated rings. The molecule has 2 aromatic rings. The molecule has 182 valence electrons. The highest BCUT2D eigenvalue weighted by atomic mass is 16.6. The average molecular weight is 469 g/mol. The zero-order chi connectivity index (χ0) is 24.1. The van der Waals surface area contributed by atoms with Crippen LogP contribution in [0.2, 0.25) is 0 Å². The van der Waals surface area contributed by atoms with Gasteiger partial charge in [0.05, 0.1) is 13.7 Å². The second-order valence-corrected chi connectivity index (χ2v) is 9.21. The third kappa shape index (κ3) is 5.86. The molecule has 4 rings (SSSR count). The van der Waals surface area contributed by atoms with Crippen LogP contribution in [-0.2, 0) is 20.7 Å². The van der Waals surface area contributed by atoms with Gasteiger partial charge >= 0.3 is 5.97 Å². The number of hydrogen-bond acceptors (Lipinski definition) is 7. The summed E-state index contributed by atoms with van der Waals surface area (Å²) < 4.78 is 16.9. The lowest BCUT2D eigenvalue weighted by molar-refractivity contribution is -0.153. The Morgan fingerprint density at radius 2 is 1.97 bits per heavy atom. The summed E-state index contributed by atoms with van der Waals surface area (Å²) in [5.41, 5.74) is 0.966. The molecule has 0 unspecified atom stereocenters. The van der Waals surface area contributed by atoms with Gasteiger partial charge in [-0.15, -0.1) is 0 Å². The van der Waals surface area contributed by atoms with Crippen molar-refractivity contribution in [1.29, 1.82) is 0 Å². The van der Waals surface area contributed by atoms with E-state index in [-0.39, 0.29) is 41.7 Å². The van der Waals surface area contributed by atoms with Crippen LogP contribution in [0.5, 0.6) is 11.5 Å². The Bertz CT molecular complexity index is 994. The topological polar surface area (TPSA) is 107 Å². The molecule has 1 aliphatic heterocycles. The van der Waals surface area contributed by atoms with Crippen molar-refractivity contribution in [2.75, 3.05) is 20.3 Å². The van der Waals surface area contributed by atoms with Crippen molar-refractivity contribution in [3.05, 3.63) is 53.9 Å². The molecule has 2 heterocycles. The van der Waals surface area contributed by atoms with Crippen LogP contribution in [0.3, 0.4) is 0 Å². The van der Waals surface area contributed by atoms with E-state index in [2.05, 4.69) is 22.4 Å². The van der Waals surface area contributed by atoms with E-state index in [0.29, 0.717) is 12.5 Å². The van der Waals surface area contributed by atoms with E-state index in [4.69, 9.17) is 14.2 Å². The van der Waals surface area contributed by atoms with Gasteiger partial charge in [-0.05, 0) is 37.2 Å². The van der Waals surface area contributed by atoms with Crippen LogP contribution in [0, 0.1) is 17.8 Å². The van der Waals surface area contributed by atoms with Crippen LogP contribution in [-0.4, -0.2) is 54.4 Å². The fourth-order valence-electron chi connectivity index (χ4n) is 4.60. The van der Waals surface area contributed by atoms with Gasteiger partial charge in [0.2, 0.25) is 0 Å². The van der Waals surface area contributed by atoms with E-state index in [1.807, 2.05) is 25.1 Å². The van der Waals surface area contributed by atoms with Crippen molar-refractivity contribution < 1.29 is 28.9 Å². The summed E-state index contributed by atoms with van der Waals surface area (Å²) in [6.45, 7) is 2.40. The van der Waals surface area contributed by atoms with Crippen LogP contribution in [0.15, 0.2) is 42.6 Å². The Balaban J connectivity index is 1.50. The molecular formula is C26H32N2O6. The van der Waals surface area contributed by atoms with Crippen molar-refractivity contribution in [3.63, 3.8) is 0 Å². The lowest BCUT2D eigenvalue weighted by Crippen LogP contribution is -2.46. The van der Waals surface area contributed by atoms with Crippen LogP contribution < -0.4 is 10.1 Å². The van der Waals surface area contributed by atoms with Crippen molar-refractivity contribution in [2.24, 2.45) is 17.8 Å². The molecule has 0 radical (unpaired) electrons. The van der Waals surface area contributed by atoms with Gasteiger partial charge in [0.1, 0.15) is 6.10 Å². The first-order valence-electron chi connectivity index (χ1n) is 11.8. The summed E-state index contributed by atoms with van der Waals surface area (Å²) in [4.78, 5) is 29.7. The number of nitrogens with zero attached hydrogens (tertiary/aromatic N) is 1. The number of aromatic hydroxyl groups is 1. The monoisotopic (exact) mass is 468 g/mol. The zero-order valence-corrected chi connectivity index (χ0v) is 19.6. The van der Waals surface area contributed by atoms with Crippen molar-refractivity contribution in [3.8, 4) is 11.5 Å². The van der Waals surface area contributed by atoms with Crippen LogP contribution in [0.4, 0.5) is 0 Å². The summed E-state index contributed by atoms with van der Waals surface area (Å²) in [6.07, 6.45) is 5.30. The number of carbonyl (C=O) groups excluding carboxylic acids is 2. The van der Waals surface area contributed by atoms with Gasteiger partial charge in [-0.2, -0.15) is 0 Å². The number of hydrogen-bond donors (Lipinski definition) is 2. The Morgan fingerprint density at radius 1 is 1.21 bits per heavy atom. The highest BCUT2D eigenvalue weighted by molar-refractivity contribution is 5.98. The second kappa shape index (κ2) is 10.9. The van der Waals surface area contributed by atoms with Gasteiger partial charge in [0, 0.05) is 24.8 Å². The Labute approximate surface area is 199 Å². The maximum absolute atomic E-state index is 13.0. The third-order valence-electron chi connectivity index (χ3n) is 6.69. The van der Waals surface area contributed by atoms with Crippen molar-refractivity contribution in [2.45, 2.75) is 44.8 Å². The van der Waals surface area contributed by atoms with E-state index < -0.39 is 17.9 Å². The van der Waals surface area contributed by atoms with Crippen LogP contribution in [0.1, 0.15) is 42.2 Å². The highest BCUT2D eigenvalue weighted by Crippen LogP contribution is 2.40. The lowest BCUT2D eigenvalue weighted by Gasteiger charge is -2.31. The number of benzene rings is 1. The molecule has 4 atom stereocenters. The molecule has 1 amide bonds. The Hall–Kier alpha value is -3.13. The number of methoxy groups -OCH3 is 1. The van der Waals surface area contributed by atoms with E-state index in [0.717, 1.165) is 12.8 Å². The number of nitrogens with one attached hydrogen (secondary N) is 1. The molecule has 8 nitrogen and oxygen atoms in total. The largest absolute Gasteiger partial charge is 0.503 e. The number of amides is 1. The molecule has 1 saturated heterocycles. The Kier molecular flexibility index (Phi) is 7.67. The zero-order valence-electron chi connectivity index (χ0n) is 19.6. The minimum Gasteiger partial charge on any atom is -0.503 e. The van der Waals surface area contributed by atoms with E-state index in [1.54, 1.807) is 0 Å². The highest BCUT2D eigenvalue weighted by Gasteiger charge is 2.37. The molecule has 8 heteroatoms. The van der Waals surface area contributed by atoms with E-state index >= 15 is 0 Å². The van der Waals surface area contributed by atoms with Gasteiger partial charge in [0.25, 0.3) is 5.91 Å². The fraction of sp³-hybridized carbons (Fsp3) is 0.500. The van der Waals surface area contributed by atoms with Crippen molar-refractivity contribution >= 4 is 11.9 Å². The average Bonchev–Trinajstić information content (AvgIpc) is 3.65. The maximum Gasteiger partial charge on any atom is 0.331 e. The number of pyridine rings is 1. The molecule has 1 aromatic heterocycles. The second-order valence-electron chi connectivity index (χ2n) is 9.21. The first kappa shape index (κ1) is 24.0. The normalized spacial score (nSPS) is 25.4. The summed E-state index contributed by atoms with van der Waals surface area (Å²) in [5, 5.41) is 12.9. The van der Waals surface area contributed by atoms with Gasteiger partial charge < -0.3 is 24.6 Å². The number of ether oxygens (including phenoxy) is 3. The molecule has 1 aromatic carbocycles. The summed E-state index contributed by atoms with van der Waals surface area (Å²) in [5.74, 6) is -0.486. The third-order valence-corrected chi connectivity index (χ3v) is 6.69. The number of aromatic nitrogens is 1. The SMILES string of the molecule is COc1ccnc(C(=O)N[C@H]2COC[C@H](CC3CC3)[C@@H](Cc3ccccc3)[C@H](C)OC2=O)c1O. The molecule has 1 saturated carbocycles.